The van der Waals surface area contributed by atoms with E-state index in [1.165, 1.54) is 11.9 Å². The maximum Gasteiger partial charge on any atom is 0.302 e. The van der Waals surface area contributed by atoms with Gasteiger partial charge in [0, 0.05) is 12.7 Å². The summed E-state index contributed by atoms with van der Waals surface area (Å²) < 4.78 is 16.6. The molecule has 3 heterocycles. The molecule has 154 valence electrons. The van der Waals surface area contributed by atoms with Crippen molar-refractivity contribution in [1.82, 2.24) is 0 Å². The first-order valence-corrected chi connectivity index (χ1v) is 10.7. The number of ether oxygens (including phenoxy) is 3. The summed E-state index contributed by atoms with van der Waals surface area (Å²) in [5.74, 6) is 1.23. The molecule has 0 aromatic heterocycles. The fraction of sp³-hybridized carbons (Fsp3) is 0.318. The van der Waals surface area contributed by atoms with Gasteiger partial charge in [0.25, 0.3) is 5.91 Å². The monoisotopic (exact) mass is 424 g/mol. The molecule has 3 aliphatic rings. The molecule has 7 nitrogen and oxygen atoms in total. The summed E-state index contributed by atoms with van der Waals surface area (Å²) in [4.78, 5) is 25.8. The van der Waals surface area contributed by atoms with Crippen LogP contribution >= 0.6 is 11.8 Å². The molecule has 2 aromatic rings. The number of anilines is 1. The molecule has 3 atom stereocenters. The molecule has 0 saturated carbocycles. The highest BCUT2D eigenvalue weighted by Gasteiger charge is 2.65. The van der Waals surface area contributed by atoms with E-state index < -0.39 is 17.5 Å². The molecule has 0 aliphatic carbocycles. The Morgan fingerprint density at radius 2 is 1.97 bits per heavy atom. The number of benzene rings is 2. The lowest BCUT2D eigenvalue weighted by molar-refractivity contribution is -0.151. The van der Waals surface area contributed by atoms with Crippen molar-refractivity contribution >= 4 is 35.0 Å². The SMILES string of the molecule is CC(=O)O[C@@H]1CS[C@H](c2ccc3c(c2)OCO3)[C@@]12C(=O)N(c1ccccc1)N=C2C. The van der Waals surface area contributed by atoms with Crippen LogP contribution in [0.1, 0.15) is 24.7 Å². The standard InChI is InChI=1S/C22H20N2O5S/c1-13-22(21(26)24(23-13)16-6-4-3-5-7-16)19(29-14(2)25)11-30-20(22)15-8-9-17-18(10-15)28-12-27-17/h3-10,19-20H,11-12H2,1-2H3/t19-,20-,22+/m1/s1. The second kappa shape index (κ2) is 7.05. The summed E-state index contributed by atoms with van der Waals surface area (Å²) >= 11 is 1.59. The van der Waals surface area contributed by atoms with Crippen LogP contribution in [0.25, 0.3) is 0 Å². The molecule has 1 spiro atoms. The van der Waals surface area contributed by atoms with Crippen molar-refractivity contribution in [3.05, 3.63) is 54.1 Å². The molecule has 0 radical (unpaired) electrons. The van der Waals surface area contributed by atoms with Gasteiger partial charge in [-0.25, -0.2) is 0 Å². The number of carbonyl (C=O) groups is 2. The largest absolute Gasteiger partial charge is 0.460 e. The second-order valence-electron chi connectivity index (χ2n) is 7.43. The zero-order chi connectivity index (χ0) is 20.9. The fourth-order valence-electron chi connectivity index (χ4n) is 4.40. The second-order valence-corrected chi connectivity index (χ2v) is 8.57. The van der Waals surface area contributed by atoms with Crippen molar-refractivity contribution in [1.29, 1.82) is 0 Å². The zero-order valence-electron chi connectivity index (χ0n) is 16.5. The van der Waals surface area contributed by atoms with E-state index in [4.69, 9.17) is 14.2 Å². The minimum absolute atomic E-state index is 0.180. The van der Waals surface area contributed by atoms with Crippen molar-refractivity contribution in [2.45, 2.75) is 25.2 Å². The third-order valence-corrected chi connectivity index (χ3v) is 7.21. The summed E-state index contributed by atoms with van der Waals surface area (Å²) in [6.45, 7) is 3.38. The van der Waals surface area contributed by atoms with E-state index in [-0.39, 0.29) is 18.0 Å². The minimum Gasteiger partial charge on any atom is -0.460 e. The van der Waals surface area contributed by atoms with Crippen LogP contribution in [0.4, 0.5) is 5.69 Å². The van der Waals surface area contributed by atoms with Crippen LogP contribution in [0.3, 0.4) is 0 Å². The minimum atomic E-state index is -1.08. The number of hydrazone groups is 1. The van der Waals surface area contributed by atoms with Crippen LogP contribution in [-0.2, 0) is 14.3 Å². The van der Waals surface area contributed by atoms with Gasteiger partial charge in [-0.2, -0.15) is 10.1 Å². The summed E-state index contributed by atoms with van der Waals surface area (Å²) in [5.41, 5.74) is 1.15. The van der Waals surface area contributed by atoms with E-state index in [2.05, 4.69) is 5.10 Å². The van der Waals surface area contributed by atoms with E-state index in [1.54, 1.807) is 11.8 Å². The smallest absolute Gasteiger partial charge is 0.302 e. The van der Waals surface area contributed by atoms with Gasteiger partial charge >= 0.3 is 5.97 Å². The van der Waals surface area contributed by atoms with Crippen molar-refractivity contribution in [2.24, 2.45) is 10.5 Å². The predicted octanol–water partition coefficient (Wildman–Crippen LogP) is 3.54. The maximum absolute atomic E-state index is 13.9. The van der Waals surface area contributed by atoms with Gasteiger partial charge in [-0.05, 0) is 36.8 Å². The number of esters is 1. The molecule has 0 N–H and O–H groups in total. The van der Waals surface area contributed by atoms with Crippen LogP contribution in [-0.4, -0.2) is 36.2 Å². The maximum atomic E-state index is 13.9. The highest BCUT2D eigenvalue weighted by Crippen LogP contribution is 2.59. The lowest BCUT2D eigenvalue weighted by atomic mass is 9.73. The van der Waals surface area contributed by atoms with Crippen LogP contribution in [0.5, 0.6) is 11.5 Å². The van der Waals surface area contributed by atoms with E-state index in [0.717, 1.165) is 5.56 Å². The third-order valence-electron chi connectivity index (χ3n) is 5.74. The number of hydrogen-bond donors (Lipinski definition) is 0. The number of hydrogen-bond acceptors (Lipinski definition) is 7. The Hall–Kier alpha value is -3.00. The van der Waals surface area contributed by atoms with Crippen molar-refractivity contribution in [3.63, 3.8) is 0 Å². The molecule has 5 rings (SSSR count). The first-order chi connectivity index (χ1) is 14.5. The number of fused-ring (bicyclic) bond motifs is 1. The van der Waals surface area contributed by atoms with Crippen molar-refractivity contribution in [2.75, 3.05) is 17.6 Å². The average Bonchev–Trinajstić information content (AvgIpc) is 3.42. The zero-order valence-corrected chi connectivity index (χ0v) is 17.3. The van der Waals surface area contributed by atoms with Crippen LogP contribution in [0.2, 0.25) is 0 Å². The molecule has 0 unspecified atom stereocenters. The third kappa shape index (κ3) is 2.70. The van der Waals surface area contributed by atoms with E-state index in [0.29, 0.717) is 28.7 Å². The molecule has 2 aromatic carbocycles. The molecular formula is C22H20N2O5S. The fourth-order valence-corrected chi connectivity index (χ4v) is 6.13. The Bertz CT molecular complexity index is 1060. The van der Waals surface area contributed by atoms with E-state index in [1.807, 2.05) is 55.5 Å². The van der Waals surface area contributed by atoms with Crippen LogP contribution in [0.15, 0.2) is 53.6 Å². The van der Waals surface area contributed by atoms with Gasteiger partial charge < -0.3 is 14.2 Å². The quantitative estimate of drug-likeness (QED) is 0.702. The topological polar surface area (TPSA) is 77.4 Å². The summed E-state index contributed by atoms with van der Waals surface area (Å²) in [5, 5.41) is 5.77. The number of carbonyl (C=O) groups excluding carboxylic acids is 2. The predicted molar refractivity (Wildman–Crippen MR) is 113 cm³/mol. The first kappa shape index (κ1) is 19.0. The summed E-state index contributed by atoms with van der Waals surface area (Å²) in [6.07, 6.45) is -0.611. The average molecular weight is 424 g/mol. The van der Waals surface area contributed by atoms with Gasteiger partial charge in [0.1, 0.15) is 11.5 Å². The Morgan fingerprint density at radius 3 is 2.73 bits per heavy atom. The lowest BCUT2D eigenvalue weighted by Gasteiger charge is -2.33. The highest BCUT2D eigenvalue weighted by molar-refractivity contribution is 8.00. The molecule has 0 bridgehead atoms. The molecule has 8 heteroatoms. The van der Waals surface area contributed by atoms with E-state index in [9.17, 15) is 9.59 Å². The van der Waals surface area contributed by atoms with Gasteiger partial charge in [-0.3, -0.25) is 9.59 Å². The number of para-hydroxylation sites is 1. The molecule has 3 aliphatic heterocycles. The van der Waals surface area contributed by atoms with Gasteiger partial charge in [0.2, 0.25) is 6.79 Å². The van der Waals surface area contributed by atoms with Gasteiger partial charge in [0.15, 0.2) is 11.5 Å². The van der Waals surface area contributed by atoms with E-state index >= 15 is 0 Å². The van der Waals surface area contributed by atoms with Crippen molar-refractivity contribution in [3.8, 4) is 11.5 Å². The number of amides is 1. The lowest BCUT2D eigenvalue weighted by Crippen LogP contribution is -2.50. The van der Waals surface area contributed by atoms with Gasteiger partial charge in [-0.15, -0.1) is 11.8 Å². The number of nitrogens with zero attached hydrogens (tertiary/aromatic N) is 2. The van der Waals surface area contributed by atoms with Crippen molar-refractivity contribution < 1.29 is 23.8 Å². The number of rotatable bonds is 3. The highest BCUT2D eigenvalue weighted by atomic mass is 32.2. The first-order valence-electron chi connectivity index (χ1n) is 9.65. The Morgan fingerprint density at radius 1 is 1.20 bits per heavy atom. The molecule has 30 heavy (non-hydrogen) atoms. The molecular weight excluding hydrogens is 404 g/mol. The number of thioether (sulfide) groups is 1. The normalized spacial score (nSPS) is 26.9. The Labute approximate surface area is 178 Å². The summed E-state index contributed by atoms with van der Waals surface area (Å²) in [7, 11) is 0. The van der Waals surface area contributed by atoms with Gasteiger partial charge in [-0.1, -0.05) is 24.3 Å². The Kier molecular flexibility index (Phi) is 4.47. The molecule has 1 amide bonds. The van der Waals surface area contributed by atoms with Crippen LogP contribution < -0.4 is 14.5 Å². The molecule has 1 fully saturated rings. The summed E-state index contributed by atoms with van der Waals surface area (Å²) in [6, 6.07) is 15.0. The Balaban J connectivity index is 1.61. The van der Waals surface area contributed by atoms with Crippen LogP contribution in [0, 0.1) is 5.41 Å². The van der Waals surface area contributed by atoms with Gasteiger partial charge in [0.05, 0.1) is 16.6 Å². The molecule has 1 saturated heterocycles.